The summed E-state index contributed by atoms with van der Waals surface area (Å²) in [5.41, 5.74) is 3.38. The summed E-state index contributed by atoms with van der Waals surface area (Å²) in [5.74, 6) is 0.521. The molecule has 0 saturated carbocycles. The van der Waals surface area contributed by atoms with E-state index < -0.39 is 12.4 Å². The van der Waals surface area contributed by atoms with Gasteiger partial charge in [0.1, 0.15) is 17.9 Å². The molecule has 0 fully saturated rings. The summed E-state index contributed by atoms with van der Waals surface area (Å²) in [6.45, 7) is 1.92. The third kappa shape index (κ3) is 6.18. The highest BCUT2D eigenvalue weighted by Gasteiger charge is 2.31. The van der Waals surface area contributed by atoms with E-state index in [1.165, 1.54) is 35.3 Å². The molecule has 198 valence electrons. The molecule has 9 nitrogen and oxygen atoms in total. The van der Waals surface area contributed by atoms with Crippen molar-refractivity contribution in [2.45, 2.75) is 13.3 Å². The lowest BCUT2D eigenvalue weighted by Crippen LogP contribution is -2.21. The van der Waals surface area contributed by atoms with Crippen LogP contribution in [0.1, 0.15) is 5.56 Å². The van der Waals surface area contributed by atoms with E-state index in [1.54, 1.807) is 53.3 Å². The van der Waals surface area contributed by atoms with Crippen molar-refractivity contribution in [3.8, 4) is 28.5 Å². The first-order valence-corrected chi connectivity index (χ1v) is 11.8. The highest BCUT2D eigenvalue weighted by atomic mass is 35.5. The SMILES string of the molecule is Cc1ccc(Cl)cc1-n1nccc1NC(=O)Nc1ccc(-c2ncn(-c3ccc(OC(F)(F)F)cc3)n2)cc1. The van der Waals surface area contributed by atoms with E-state index in [2.05, 4.69) is 30.6 Å². The van der Waals surface area contributed by atoms with Crippen LogP contribution in [-0.4, -0.2) is 36.9 Å². The minimum Gasteiger partial charge on any atom is -0.406 e. The smallest absolute Gasteiger partial charge is 0.406 e. The van der Waals surface area contributed by atoms with E-state index in [0.29, 0.717) is 33.6 Å². The van der Waals surface area contributed by atoms with E-state index in [9.17, 15) is 18.0 Å². The summed E-state index contributed by atoms with van der Waals surface area (Å²) in [7, 11) is 0. The molecule has 2 heterocycles. The second-order valence-electron chi connectivity index (χ2n) is 8.27. The number of nitrogens with zero attached hydrogens (tertiary/aromatic N) is 5. The molecule has 2 aromatic heterocycles. The second-order valence-corrected chi connectivity index (χ2v) is 8.71. The van der Waals surface area contributed by atoms with E-state index in [4.69, 9.17) is 11.6 Å². The zero-order chi connectivity index (χ0) is 27.6. The molecule has 3 aromatic carbocycles. The molecule has 0 unspecified atom stereocenters. The zero-order valence-electron chi connectivity index (χ0n) is 20.1. The van der Waals surface area contributed by atoms with Gasteiger partial charge in [0.15, 0.2) is 5.82 Å². The molecule has 5 rings (SSSR count). The van der Waals surface area contributed by atoms with Crippen LogP contribution in [-0.2, 0) is 0 Å². The van der Waals surface area contributed by atoms with Gasteiger partial charge in [-0.2, -0.15) is 5.10 Å². The number of hydrogen-bond donors (Lipinski definition) is 2. The fraction of sp³-hybridized carbons (Fsp3) is 0.0769. The summed E-state index contributed by atoms with van der Waals surface area (Å²) in [4.78, 5) is 16.9. The van der Waals surface area contributed by atoms with Crippen LogP contribution in [0.15, 0.2) is 85.3 Å². The lowest BCUT2D eigenvalue weighted by molar-refractivity contribution is -0.274. The van der Waals surface area contributed by atoms with Crippen molar-refractivity contribution in [1.82, 2.24) is 24.5 Å². The number of carbonyl (C=O) groups is 1. The number of nitrogens with one attached hydrogen (secondary N) is 2. The third-order valence-corrected chi connectivity index (χ3v) is 5.75. The number of urea groups is 1. The first kappa shape index (κ1) is 25.8. The van der Waals surface area contributed by atoms with Gasteiger partial charge in [0, 0.05) is 22.3 Å². The highest BCUT2D eigenvalue weighted by Crippen LogP contribution is 2.25. The summed E-state index contributed by atoms with van der Waals surface area (Å²) in [6, 6.07) is 18.7. The van der Waals surface area contributed by atoms with Crippen LogP contribution >= 0.6 is 11.6 Å². The topological polar surface area (TPSA) is 98.9 Å². The van der Waals surface area contributed by atoms with Crippen LogP contribution in [0.4, 0.5) is 29.5 Å². The first-order valence-electron chi connectivity index (χ1n) is 11.4. The summed E-state index contributed by atoms with van der Waals surface area (Å²) >= 11 is 6.12. The molecular formula is C26H19ClF3N7O2. The number of anilines is 2. The largest absolute Gasteiger partial charge is 0.573 e. The zero-order valence-corrected chi connectivity index (χ0v) is 20.9. The number of ether oxygens (including phenoxy) is 1. The summed E-state index contributed by atoms with van der Waals surface area (Å²) in [5, 5.41) is 14.7. The average Bonchev–Trinajstić information content (AvgIpc) is 3.56. The van der Waals surface area contributed by atoms with Gasteiger partial charge in [-0.15, -0.1) is 18.3 Å². The van der Waals surface area contributed by atoms with Gasteiger partial charge in [-0.05, 0) is 73.2 Å². The van der Waals surface area contributed by atoms with E-state index in [0.717, 1.165) is 11.3 Å². The number of amides is 2. The Morgan fingerprint density at radius 3 is 2.44 bits per heavy atom. The Bertz CT molecular complexity index is 1610. The molecule has 0 radical (unpaired) electrons. The molecule has 0 spiro atoms. The Kier molecular flexibility index (Phi) is 6.94. The number of aromatic nitrogens is 5. The molecule has 2 amide bonds. The van der Waals surface area contributed by atoms with E-state index in [-0.39, 0.29) is 5.75 Å². The molecule has 0 bridgehead atoms. The normalized spacial score (nSPS) is 11.3. The van der Waals surface area contributed by atoms with Gasteiger partial charge in [0.05, 0.1) is 17.6 Å². The molecule has 2 N–H and O–H groups in total. The molecular weight excluding hydrogens is 535 g/mol. The monoisotopic (exact) mass is 553 g/mol. The van der Waals surface area contributed by atoms with Gasteiger partial charge >= 0.3 is 12.4 Å². The van der Waals surface area contributed by atoms with Crippen molar-refractivity contribution in [2.24, 2.45) is 0 Å². The molecule has 0 atom stereocenters. The number of benzene rings is 3. The van der Waals surface area contributed by atoms with Crippen LogP contribution in [0.3, 0.4) is 0 Å². The molecule has 5 aromatic rings. The fourth-order valence-electron chi connectivity index (χ4n) is 3.70. The maximum atomic E-state index is 12.6. The van der Waals surface area contributed by atoms with Gasteiger partial charge in [-0.3, -0.25) is 5.32 Å². The van der Waals surface area contributed by atoms with Crippen molar-refractivity contribution in [1.29, 1.82) is 0 Å². The van der Waals surface area contributed by atoms with Crippen LogP contribution in [0, 0.1) is 6.92 Å². The molecule has 13 heteroatoms. The summed E-state index contributed by atoms with van der Waals surface area (Å²) in [6.07, 6.45) is -1.75. The van der Waals surface area contributed by atoms with Crippen molar-refractivity contribution in [3.63, 3.8) is 0 Å². The number of hydrogen-bond acceptors (Lipinski definition) is 5. The van der Waals surface area contributed by atoms with Crippen LogP contribution in [0.25, 0.3) is 22.8 Å². The maximum Gasteiger partial charge on any atom is 0.573 e. The fourth-order valence-corrected chi connectivity index (χ4v) is 3.87. The number of rotatable bonds is 6. The van der Waals surface area contributed by atoms with E-state index >= 15 is 0 Å². The van der Waals surface area contributed by atoms with Crippen molar-refractivity contribution >= 4 is 29.1 Å². The highest BCUT2D eigenvalue weighted by molar-refractivity contribution is 6.30. The first-order chi connectivity index (χ1) is 18.6. The third-order valence-electron chi connectivity index (χ3n) is 5.51. The molecule has 39 heavy (non-hydrogen) atoms. The standard InChI is InChI=1S/C26H19ClF3N7O2/c1-16-2-5-18(27)14-22(16)37-23(12-13-32-37)34-25(38)33-19-6-3-17(4-7-19)24-31-15-36(35-24)20-8-10-21(11-9-20)39-26(28,29)30/h2-15H,1H3,(H2,33,34,38). The van der Waals surface area contributed by atoms with Crippen molar-refractivity contribution in [3.05, 3.63) is 95.9 Å². The average molecular weight is 554 g/mol. The number of aryl methyl sites for hydroxylation is 1. The van der Waals surface area contributed by atoms with Gasteiger partial charge in [0.2, 0.25) is 0 Å². The lowest BCUT2D eigenvalue weighted by Gasteiger charge is -2.12. The summed E-state index contributed by atoms with van der Waals surface area (Å²) < 4.78 is 44.0. The Balaban J connectivity index is 1.23. The molecule has 0 aliphatic rings. The predicted molar refractivity (Wildman–Crippen MR) is 139 cm³/mol. The van der Waals surface area contributed by atoms with Gasteiger partial charge in [-0.25, -0.2) is 19.1 Å². The molecule has 0 aliphatic heterocycles. The maximum absolute atomic E-state index is 12.6. The van der Waals surface area contributed by atoms with Gasteiger partial charge in [-0.1, -0.05) is 17.7 Å². The minimum atomic E-state index is -4.76. The predicted octanol–water partition coefficient (Wildman–Crippen LogP) is 6.62. The van der Waals surface area contributed by atoms with E-state index in [1.807, 2.05) is 13.0 Å². The Hall–Kier alpha value is -4.84. The Labute approximate surface area is 224 Å². The van der Waals surface area contributed by atoms with Crippen LogP contribution in [0.2, 0.25) is 5.02 Å². The minimum absolute atomic E-state index is 0.331. The molecule has 0 saturated heterocycles. The van der Waals surface area contributed by atoms with Crippen LogP contribution in [0.5, 0.6) is 5.75 Å². The Morgan fingerprint density at radius 1 is 0.974 bits per heavy atom. The number of halogens is 4. The van der Waals surface area contributed by atoms with Gasteiger partial charge in [0.25, 0.3) is 0 Å². The number of alkyl halides is 3. The quantitative estimate of drug-likeness (QED) is 0.246. The Morgan fingerprint density at radius 2 is 1.72 bits per heavy atom. The van der Waals surface area contributed by atoms with Gasteiger partial charge < -0.3 is 10.1 Å². The van der Waals surface area contributed by atoms with Crippen molar-refractivity contribution in [2.75, 3.05) is 10.6 Å². The number of carbonyl (C=O) groups excluding carboxylic acids is 1. The molecule has 0 aliphatic carbocycles. The lowest BCUT2D eigenvalue weighted by atomic mass is 10.2. The van der Waals surface area contributed by atoms with Crippen LogP contribution < -0.4 is 15.4 Å². The van der Waals surface area contributed by atoms with Crippen molar-refractivity contribution < 1.29 is 22.7 Å². The second kappa shape index (κ2) is 10.5.